The number of carbonyl (C=O) groups is 2. The minimum Gasteiger partial charge on any atom is -0.343 e. The van der Waals surface area contributed by atoms with E-state index in [0.717, 1.165) is 5.56 Å². The van der Waals surface area contributed by atoms with Gasteiger partial charge in [-0.25, -0.2) is 4.98 Å². The van der Waals surface area contributed by atoms with Crippen molar-refractivity contribution in [3.05, 3.63) is 48.5 Å². The summed E-state index contributed by atoms with van der Waals surface area (Å²) in [7, 11) is 3.37. The lowest BCUT2D eigenvalue weighted by Gasteiger charge is -2.07. The van der Waals surface area contributed by atoms with Crippen molar-refractivity contribution in [3.63, 3.8) is 0 Å². The van der Waals surface area contributed by atoms with E-state index in [0.29, 0.717) is 30.2 Å². The number of amides is 2. The first kappa shape index (κ1) is 17.3. The second kappa shape index (κ2) is 7.60. The number of hydrogen-bond acceptors (Lipinski definition) is 5. The Morgan fingerprint density at radius 1 is 1.23 bits per heavy atom. The fourth-order valence-corrected chi connectivity index (χ4v) is 2.32. The second-order valence-corrected chi connectivity index (χ2v) is 5.89. The highest BCUT2D eigenvalue weighted by Crippen LogP contribution is 2.19. The number of anilines is 1. The predicted molar refractivity (Wildman–Crippen MR) is 95.3 cm³/mol. The molecule has 9 nitrogen and oxygen atoms in total. The molecule has 0 aliphatic rings. The van der Waals surface area contributed by atoms with Gasteiger partial charge in [-0.3, -0.25) is 14.3 Å². The first-order valence-electron chi connectivity index (χ1n) is 8.04. The minimum atomic E-state index is -0.139. The quantitative estimate of drug-likeness (QED) is 0.696. The van der Waals surface area contributed by atoms with E-state index < -0.39 is 0 Å². The van der Waals surface area contributed by atoms with E-state index in [1.54, 1.807) is 43.3 Å². The Hall–Kier alpha value is -3.49. The van der Waals surface area contributed by atoms with E-state index in [1.807, 2.05) is 12.1 Å². The maximum atomic E-state index is 12.0. The van der Waals surface area contributed by atoms with Gasteiger partial charge in [0.25, 0.3) is 5.91 Å². The predicted octanol–water partition coefficient (Wildman–Crippen LogP) is 1.40. The van der Waals surface area contributed by atoms with Crippen LogP contribution in [0.25, 0.3) is 11.4 Å². The molecule has 2 amide bonds. The Morgan fingerprint density at radius 2 is 2.00 bits per heavy atom. The number of aromatic amines is 1. The number of benzene rings is 1. The van der Waals surface area contributed by atoms with Gasteiger partial charge in [0.05, 0.1) is 18.9 Å². The monoisotopic (exact) mass is 353 g/mol. The molecule has 134 valence electrons. The molecule has 26 heavy (non-hydrogen) atoms. The third kappa shape index (κ3) is 4.12. The average molecular weight is 353 g/mol. The number of rotatable bonds is 6. The number of nitrogens with one attached hydrogen (secondary N) is 2. The van der Waals surface area contributed by atoms with E-state index in [4.69, 9.17) is 0 Å². The van der Waals surface area contributed by atoms with Crippen molar-refractivity contribution < 1.29 is 9.59 Å². The number of carbonyl (C=O) groups excluding carboxylic acids is 2. The zero-order valence-corrected chi connectivity index (χ0v) is 14.5. The van der Waals surface area contributed by atoms with Gasteiger partial charge in [-0.15, -0.1) is 5.10 Å². The molecule has 1 aromatic carbocycles. The van der Waals surface area contributed by atoms with Crippen LogP contribution in [0.3, 0.4) is 0 Å². The summed E-state index contributed by atoms with van der Waals surface area (Å²) in [4.78, 5) is 32.6. The molecule has 0 spiro atoms. The molecule has 0 saturated heterocycles. The molecular formula is C17H19N7O2. The van der Waals surface area contributed by atoms with Gasteiger partial charge < -0.3 is 15.2 Å². The SMILES string of the molecule is CN(C)C(=O)c1cnc(-c2ccc(NC(=O)CCn3ccnn3)cc2)[nH]1. The maximum absolute atomic E-state index is 12.0. The fraction of sp³-hybridized carbons (Fsp3) is 0.235. The summed E-state index contributed by atoms with van der Waals surface area (Å²) in [5, 5.41) is 10.3. The first-order chi connectivity index (χ1) is 12.5. The molecule has 0 radical (unpaired) electrons. The van der Waals surface area contributed by atoms with Gasteiger partial charge in [0, 0.05) is 38.0 Å². The number of aromatic nitrogens is 5. The summed E-state index contributed by atoms with van der Waals surface area (Å²) < 4.78 is 1.60. The number of aryl methyl sites for hydroxylation is 1. The summed E-state index contributed by atoms with van der Waals surface area (Å²) in [5.41, 5.74) is 1.94. The highest BCUT2D eigenvalue weighted by molar-refractivity contribution is 5.92. The largest absolute Gasteiger partial charge is 0.343 e. The van der Waals surface area contributed by atoms with Crippen molar-refractivity contribution in [1.82, 2.24) is 29.9 Å². The smallest absolute Gasteiger partial charge is 0.271 e. The van der Waals surface area contributed by atoms with Gasteiger partial charge in [-0.1, -0.05) is 5.21 Å². The van der Waals surface area contributed by atoms with Crippen molar-refractivity contribution in [1.29, 1.82) is 0 Å². The first-order valence-corrected chi connectivity index (χ1v) is 8.04. The molecule has 0 bridgehead atoms. The second-order valence-electron chi connectivity index (χ2n) is 5.89. The molecule has 0 saturated carbocycles. The van der Waals surface area contributed by atoms with Crippen LogP contribution in [-0.2, 0) is 11.3 Å². The van der Waals surface area contributed by atoms with Crippen molar-refractivity contribution in [2.24, 2.45) is 0 Å². The van der Waals surface area contributed by atoms with Crippen LogP contribution in [0.2, 0.25) is 0 Å². The number of hydrogen-bond donors (Lipinski definition) is 2. The molecule has 3 aromatic rings. The molecule has 2 N–H and O–H groups in total. The third-order valence-electron chi connectivity index (χ3n) is 3.69. The van der Waals surface area contributed by atoms with Crippen LogP contribution in [0.1, 0.15) is 16.9 Å². The summed E-state index contributed by atoms with van der Waals surface area (Å²) in [6.45, 7) is 0.471. The van der Waals surface area contributed by atoms with Gasteiger partial charge in [0.15, 0.2) is 0 Å². The van der Waals surface area contributed by atoms with Crippen LogP contribution in [0.5, 0.6) is 0 Å². The number of H-pyrrole nitrogens is 1. The highest BCUT2D eigenvalue weighted by atomic mass is 16.2. The fourth-order valence-electron chi connectivity index (χ4n) is 2.32. The van der Waals surface area contributed by atoms with Crippen LogP contribution < -0.4 is 5.32 Å². The lowest BCUT2D eigenvalue weighted by atomic mass is 10.2. The van der Waals surface area contributed by atoms with Gasteiger partial charge in [0.2, 0.25) is 5.91 Å². The number of nitrogens with zero attached hydrogens (tertiary/aromatic N) is 5. The average Bonchev–Trinajstić information content (AvgIpc) is 3.32. The molecule has 2 heterocycles. The van der Waals surface area contributed by atoms with Crippen molar-refractivity contribution in [2.45, 2.75) is 13.0 Å². The standard InChI is InChI=1S/C17H19N7O2/c1-23(2)17(26)14-11-18-16(21-14)12-3-5-13(6-4-12)20-15(25)7-9-24-10-8-19-22-24/h3-6,8,10-11H,7,9H2,1-2H3,(H,18,21)(H,20,25). The summed E-state index contributed by atoms with van der Waals surface area (Å²) in [6, 6.07) is 7.24. The van der Waals surface area contributed by atoms with E-state index in [-0.39, 0.29) is 11.8 Å². The van der Waals surface area contributed by atoms with Gasteiger partial charge in [-0.05, 0) is 24.3 Å². The van der Waals surface area contributed by atoms with Crippen molar-refractivity contribution >= 4 is 17.5 Å². The van der Waals surface area contributed by atoms with Crippen LogP contribution in [0.4, 0.5) is 5.69 Å². The van der Waals surface area contributed by atoms with Crippen molar-refractivity contribution in [2.75, 3.05) is 19.4 Å². The normalized spacial score (nSPS) is 10.5. The molecular weight excluding hydrogens is 334 g/mol. The zero-order valence-electron chi connectivity index (χ0n) is 14.5. The van der Waals surface area contributed by atoms with E-state index in [2.05, 4.69) is 25.6 Å². The van der Waals surface area contributed by atoms with Gasteiger partial charge in [0.1, 0.15) is 11.5 Å². The summed E-state index contributed by atoms with van der Waals surface area (Å²) >= 11 is 0. The van der Waals surface area contributed by atoms with Gasteiger partial charge in [-0.2, -0.15) is 0 Å². The zero-order chi connectivity index (χ0) is 18.5. The van der Waals surface area contributed by atoms with Crippen LogP contribution in [0, 0.1) is 0 Å². The van der Waals surface area contributed by atoms with Crippen LogP contribution >= 0.6 is 0 Å². The molecule has 0 fully saturated rings. The van der Waals surface area contributed by atoms with E-state index >= 15 is 0 Å². The number of imidazole rings is 1. The molecule has 3 rings (SSSR count). The third-order valence-corrected chi connectivity index (χ3v) is 3.69. The molecule has 0 aliphatic carbocycles. The lowest BCUT2D eigenvalue weighted by molar-refractivity contribution is -0.116. The molecule has 0 unspecified atom stereocenters. The molecule has 2 aromatic heterocycles. The molecule has 0 aliphatic heterocycles. The summed E-state index contributed by atoms with van der Waals surface area (Å²) in [6.07, 6.45) is 5.10. The highest BCUT2D eigenvalue weighted by Gasteiger charge is 2.12. The minimum absolute atomic E-state index is 0.106. The Bertz CT molecular complexity index is 882. The summed E-state index contributed by atoms with van der Waals surface area (Å²) in [5.74, 6) is 0.351. The molecule has 9 heteroatoms. The van der Waals surface area contributed by atoms with E-state index in [9.17, 15) is 9.59 Å². The van der Waals surface area contributed by atoms with E-state index in [1.165, 1.54) is 11.1 Å². The maximum Gasteiger partial charge on any atom is 0.271 e. The topological polar surface area (TPSA) is 109 Å². The molecule has 0 atom stereocenters. The lowest BCUT2D eigenvalue weighted by Crippen LogP contribution is -2.21. The Kier molecular flexibility index (Phi) is 5.07. The van der Waals surface area contributed by atoms with Gasteiger partial charge >= 0.3 is 0 Å². The van der Waals surface area contributed by atoms with Crippen molar-refractivity contribution in [3.8, 4) is 11.4 Å². The Morgan fingerprint density at radius 3 is 2.65 bits per heavy atom. The Balaban J connectivity index is 1.59. The Labute approximate surface area is 150 Å². The van der Waals surface area contributed by atoms with Crippen LogP contribution in [0.15, 0.2) is 42.9 Å². The van der Waals surface area contributed by atoms with Crippen LogP contribution in [-0.4, -0.2) is 55.8 Å².